The minimum Gasteiger partial charge on any atom is -0.356 e. The number of hydrogen-bond acceptors (Lipinski definition) is 5. The summed E-state index contributed by atoms with van der Waals surface area (Å²) in [7, 11) is 0. The van der Waals surface area contributed by atoms with E-state index in [9.17, 15) is 18.0 Å². The fourth-order valence-corrected chi connectivity index (χ4v) is 6.05. The SMILES string of the molecule is N#Cc1ccc(N2CCC(n3ncc(C(=O)N4CCC(c5ccccc5C(F)(F)F)C4)c3C3CC3)CC2)nc1. The van der Waals surface area contributed by atoms with Crippen molar-refractivity contribution in [3.05, 3.63) is 76.7 Å². The van der Waals surface area contributed by atoms with Gasteiger partial charge < -0.3 is 9.80 Å². The molecule has 7 nitrogen and oxygen atoms in total. The van der Waals surface area contributed by atoms with Gasteiger partial charge in [-0.1, -0.05) is 18.2 Å². The predicted octanol–water partition coefficient (Wildman–Crippen LogP) is 5.52. The van der Waals surface area contributed by atoms with Crippen molar-refractivity contribution in [2.45, 2.75) is 56.2 Å². The Labute approximate surface area is 224 Å². The molecule has 1 atom stereocenters. The number of anilines is 1. The number of alkyl halides is 3. The lowest BCUT2D eigenvalue weighted by Gasteiger charge is -2.33. The van der Waals surface area contributed by atoms with Gasteiger partial charge >= 0.3 is 6.18 Å². The summed E-state index contributed by atoms with van der Waals surface area (Å²) in [5.74, 6) is 0.677. The van der Waals surface area contributed by atoms with Crippen molar-refractivity contribution in [1.29, 1.82) is 5.26 Å². The molecule has 6 rings (SSSR count). The standard InChI is InChI=1S/C29H29F3N6O/c30-29(31,32)25-4-2-1-3-23(25)21-9-12-37(18-21)28(39)24-17-35-38(27(24)20-6-7-20)22-10-13-36(14-11-22)26-8-5-19(15-33)16-34-26/h1-5,8,16-17,20-22H,6-7,9-14,18H2. The number of nitrogens with zero attached hydrogens (tertiary/aromatic N) is 6. The smallest absolute Gasteiger partial charge is 0.356 e. The number of likely N-dealkylation sites (tertiary alicyclic amines) is 1. The highest BCUT2D eigenvalue weighted by Gasteiger charge is 2.40. The van der Waals surface area contributed by atoms with Crippen LogP contribution in [0.5, 0.6) is 0 Å². The van der Waals surface area contributed by atoms with Crippen molar-refractivity contribution < 1.29 is 18.0 Å². The van der Waals surface area contributed by atoms with Crippen LogP contribution in [0.15, 0.2) is 48.8 Å². The summed E-state index contributed by atoms with van der Waals surface area (Å²) < 4.78 is 42.8. The van der Waals surface area contributed by atoms with Gasteiger partial charge in [0.05, 0.1) is 34.6 Å². The second-order valence-electron chi connectivity index (χ2n) is 10.7. The van der Waals surface area contributed by atoms with E-state index >= 15 is 0 Å². The number of nitriles is 1. The van der Waals surface area contributed by atoms with E-state index in [1.807, 2.05) is 10.7 Å². The van der Waals surface area contributed by atoms with E-state index in [2.05, 4.69) is 21.1 Å². The zero-order chi connectivity index (χ0) is 27.1. The summed E-state index contributed by atoms with van der Waals surface area (Å²) in [6.07, 6.45) is 3.09. The maximum atomic E-state index is 13.7. The third-order valence-corrected chi connectivity index (χ3v) is 8.22. The average Bonchev–Trinajstić information content (AvgIpc) is 3.50. The number of benzene rings is 1. The van der Waals surface area contributed by atoms with E-state index in [1.165, 1.54) is 12.1 Å². The molecule has 1 aromatic carbocycles. The molecule has 1 aliphatic carbocycles. The molecule has 2 saturated heterocycles. The van der Waals surface area contributed by atoms with Crippen molar-refractivity contribution in [3.8, 4) is 6.07 Å². The molecule has 1 amide bonds. The van der Waals surface area contributed by atoms with Crippen LogP contribution in [0.1, 0.15) is 82.7 Å². The summed E-state index contributed by atoms with van der Waals surface area (Å²) in [6.45, 7) is 2.30. The van der Waals surface area contributed by atoms with E-state index in [1.54, 1.807) is 29.4 Å². The first kappa shape index (κ1) is 25.4. The van der Waals surface area contributed by atoms with Crippen LogP contribution in [0.3, 0.4) is 0 Å². The van der Waals surface area contributed by atoms with Gasteiger partial charge in [0.2, 0.25) is 0 Å². The summed E-state index contributed by atoms with van der Waals surface area (Å²) in [5.41, 5.74) is 1.76. The van der Waals surface area contributed by atoms with E-state index in [0.29, 0.717) is 30.0 Å². The van der Waals surface area contributed by atoms with Gasteiger partial charge in [0.25, 0.3) is 5.91 Å². The van der Waals surface area contributed by atoms with E-state index in [0.717, 1.165) is 56.4 Å². The lowest BCUT2D eigenvalue weighted by molar-refractivity contribution is -0.138. The third kappa shape index (κ3) is 4.98. The summed E-state index contributed by atoms with van der Waals surface area (Å²) in [4.78, 5) is 22.0. The highest BCUT2D eigenvalue weighted by Crippen LogP contribution is 2.44. The first-order valence-electron chi connectivity index (χ1n) is 13.5. The Morgan fingerprint density at radius 3 is 2.38 bits per heavy atom. The first-order chi connectivity index (χ1) is 18.8. The second-order valence-corrected chi connectivity index (χ2v) is 10.7. The Kier molecular flexibility index (Phi) is 6.53. The number of pyridine rings is 1. The predicted molar refractivity (Wildman–Crippen MR) is 138 cm³/mol. The number of amides is 1. The maximum absolute atomic E-state index is 13.7. The second kappa shape index (κ2) is 10.0. The van der Waals surface area contributed by atoms with Crippen LogP contribution in [0.4, 0.5) is 19.0 Å². The maximum Gasteiger partial charge on any atom is 0.416 e. The van der Waals surface area contributed by atoms with Crippen molar-refractivity contribution in [2.24, 2.45) is 0 Å². The van der Waals surface area contributed by atoms with Gasteiger partial charge in [0.1, 0.15) is 11.9 Å². The molecule has 0 spiro atoms. The number of halogens is 3. The van der Waals surface area contributed by atoms with Gasteiger partial charge in [-0.3, -0.25) is 9.48 Å². The van der Waals surface area contributed by atoms with Crippen LogP contribution in [-0.2, 0) is 6.18 Å². The number of piperidine rings is 1. The minimum atomic E-state index is -4.42. The van der Waals surface area contributed by atoms with Crippen molar-refractivity contribution in [3.63, 3.8) is 0 Å². The normalized spacial score (nSPS) is 20.3. The largest absolute Gasteiger partial charge is 0.416 e. The van der Waals surface area contributed by atoms with Gasteiger partial charge in [-0.2, -0.15) is 23.5 Å². The average molecular weight is 535 g/mol. The van der Waals surface area contributed by atoms with Gasteiger partial charge in [0, 0.05) is 44.2 Å². The van der Waals surface area contributed by atoms with Gasteiger partial charge in [-0.25, -0.2) is 4.98 Å². The lowest BCUT2D eigenvalue weighted by Crippen LogP contribution is -2.36. The third-order valence-electron chi connectivity index (χ3n) is 8.22. The monoisotopic (exact) mass is 534 g/mol. The zero-order valence-electron chi connectivity index (χ0n) is 21.4. The van der Waals surface area contributed by atoms with Crippen molar-refractivity contribution in [1.82, 2.24) is 19.7 Å². The topological polar surface area (TPSA) is 78.0 Å². The Bertz CT molecular complexity index is 1400. The first-order valence-corrected chi connectivity index (χ1v) is 13.5. The van der Waals surface area contributed by atoms with E-state index in [-0.39, 0.29) is 30.0 Å². The summed E-state index contributed by atoms with van der Waals surface area (Å²) in [6, 6.07) is 11.6. The highest BCUT2D eigenvalue weighted by molar-refractivity contribution is 5.95. The highest BCUT2D eigenvalue weighted by atomic mass is 19.4. The summed E-state index contributed by atoms with van der Waals surface area (Å²) in [5, 5.41) is 13.7. The Morgan fingerprint density at radius 2 is 1.72 bits per heavy atom. The number of carbonyl (C=O) groups is 1. The molecule has 2 aliphatic heterocycles. The number of rotatable bonds is 5. The quantitative estimate of drug-likeness (QED) is 0.431. The molecule has 3 aliphatic rings. The summed E-state index contributed by atoms with van der Waals surface area (Å²) >= 11 is 0. The van der Waals surface area contributed by atoms with Crippen LogP contribution in [0.25, 0.3) is 0 Å². The minimum absolute atomic E-state index is 0.130. The molecule has 10 heteroatoms. The van der Waals surface area contributed by atoms with Crippen LogP contribution in [0, 0.1) is 11.3 Å². The van der Waals surface area contributed by atoms with Crippen molar-refractivity contribution in [2.75, 3.05) is 31.1 Å². The molecule has 3 aromatic rings. The molecule has 2 aromatic heterocycles. The zero-order valence-corrected chi connectivity index (χ0v) is 21.4. The van der Waals surface area contributed by atoms with Crippen LogP contribution in [-0.4, -0.2) is 51.8 Å². The lowest BCUT2D eigenvalue weighted by atomic mass is 9.93. The van der Waals surface area contributed by atoms with Crippen molar-refractivity contribution >= 4 is 11.7 Å². The molecule has 0 bridgehead atoms. The number of carbonyl (C=O) groups excluding carboxylic acids is 1. The molecule has 0 radical (unpaired) electrons. The number of hydrogen-bond donors (Lipinski definition) is 0. The Balaban J connectivity index is 1.16. The number of aromatic nitrogens is 3. The fourth-order valence-electron chi connectivity index (χ4n) is 6.05. The van der Waals surface area contributed by atoms with Gasteiger partial charge in [0.15, 0.2) is 0 Å². The van der Waals surface area contributed by atoms with E-state index in [4.69, 9.17) is 5.26 Å². The Hall–Kier alpha value is -3.87. The van der Waals surface area contributed by atoms with Crippen LogP contribution < -0.4 is 4.90 Å². The van der Waals surface area contributed by atoms with E-state index < -0.39 is 11.7 Å². The Morgan fingerprint density at radius 1 is 0.949 bits per heavy atom. The molecular weight excluding hydrogens is 505 g/mol. The fraction of sp³-hybridized carbons (Fsp3) is 0.448. The molecule has 202 valence electrons. The van der Waals surface area contributed by atoms with Crippen LogP contribution in [0.2, 0.25) is 0 Å². The molecule has 0 N–H and O–H groups in total. The molecule has 39 heavy (non-hydrogen) atoms. The molecular formula is C29H29F3N6O. The van der Waals surface area contributed by atoms with Gasteiger partial charge in [-0.15, -0.1) is 0 Å². The molecule has 3 fully saturated rings. The molecule has 1 unspecified atom stereocenters. The van der Waals surface area contributed by atoms with Gasteiger partial charge in [-0.05, 0) is 55.9 Å². The molecule has 1 saturated carbocycles. The molecule has 4 heterocycles. The van der Waals surface area contributed by atoms with Crippen LogP contribution >= 0.6 is 0 Å².